The number of benzene rings is 1. The van der Waals surface area contributed by atoms with Crippen LogP contribution in [-0.2, 0) is 14.8 Å². The summed E-state index contributed by atoms with van der Waals surface area (Å²) >= 11 is 0. The molecule has 1 aliphatic heterocycles. The van der Waals surface area contributed by atoms with Gasteiger partial charge >= 0.3 is 5.97 Å². The lowest BCUT2D eigenvalue weighted by molar-refractivity contribution is 0.0593. The molecule has 0 saturated carbocycles. The molecule has 0 amide bonds. The molecule has 1 fully saturated rings. The summed E-state index contributed by atoms with van der Waals surface area (Å²) in [7, 11) is -2.40. The van der Waals surface area contributed by atoms with Crippen LogP contribution in [0.3, 0.4) is 0 Å². The molecule has 0 spiro atoms. The van der Waals surface area contributed by atoms with Crippen LogP contribution in [0, 0.1) is 11.3 Å². The van der Waals surface area contributed by atoms with Gasteiger partial charge in [0.2, 0.25) is 10.0 Å². The summed E-state index contributed by atoms with van der Waals surface area (Å²) in [6.07, 6.45) is 3.07. The van der Waals surface area contributed by atoms with E-state index in [4.69, 9.17) is 10.5 Å². The summed E-state index contributed by atoms with van der Waals surface area (Å²) in [6, 6.07) is 8.10. The fraction of sp³-hybridized carbons (Fsp3) is 0.294. The summed E-state index contributed by atoms with van der Waals surface area (Å²) in [4.78, 5) is 12.2. The average molecular weight is 374 g/mol. The normalized spacial score (nSPS) is 14.9. The maximum Gasteiger partial charge on any atom is 0.357 e. The molecule has 1 saturated heterocycles. The highest BCUT2D eigenvalue weighted by molar-refractivity contribution is 7.89. The van der Waals surface area contributed by atoms with Gasteiger partial charge in [-0.1, -0.05) is 6.07 Å². The molecule has 0 atom stereocenters. The minimum Gasteiger partial charge on any atom is -0.464 e. The topological polar surface area (TPSA) is 118 Å². The number of aromatic nitrogens is 1. The fourth-order valence-electron chi connectivity index (χ4n) is 2.99. The molecule has 2 heterocycles. The molecule has 3 rings (SSSR count). The molecular formula is C17H18N4O4S. The smallest absolute Gasteiger partial charge is 0.357 e. The Morgan fingerprint density at radius 3 is 2.62 bits per heavy atom. The summed E-state index contributed by atoms with van der Waals surface area (Å²) in [5, 5.41) is 9.19. The van der Waals surface area contributed by atoms with Gasteiger partial charge in [-0.15, -0.1) is 0 Å². The van der Waals surface area contributed by atoms with Crippen LogP contribution in [-0.4, -0.2) is 43.5 Å². The standard InChI is InChI=1S/C17H18N4O4S/c1-25-17(22)16-15(19)12(10-18)11-21(16)13-5-4-6-14(9-13)26(23,24)20-7-2-3-8-20/h4-6,9,11H,2-3,7-8,19H2,1H3. The highest BCUT2D eigenvalue weighted by Gasteiger charge is 2.28. The number of sulfonamides is 1. The summed E-state index contributed by atoms with van der Waals surface area (Å²) in [5.74, 6) is -0.711. The molecule has 136 valence electrons. The molecule has 2 N–H and O–H groups in total. The lowest BCUT2D eigenvalue weighted by Gasteiger charge is -2.16. The number of nitrogens with zero attached hydrogens (tertiary/aromatic N) is 3. The maximum atomic E-state index is 12.8. The first kappa shape index (κ1) is 18.0. The van der Waals surface area contributed by atoms with E-state index in [0.29, 0.717) is 18.8 Å². The monoisotopic (exact) mass is 374 g/mol. The molecule has 26 heavy (non-hydrogen) atoms. The number of hydrogen-bond acceptors (Lipinski definition) is 6. The Balaban J connectivity index is 2.12. The summed E-state index contributed by atoms with van der Waals surface area (Å²) in [6.45, 7) is 0.990. The lowest BCUT2D eigenvalue weighted by Crippen LogP contribution is -2.27. The van der Waals surface area contributed by atoms with Gasteiger partial charge in [0.15, 0.2) is 5.69 Å². The van der Waals surface area contributed by atoms with Crippen molar-refractivity contribution >= 4 is 21.7 Å². The van der Waals surface area contributed by atoms with Gasteiger partial charge in [-0.2, -0.15) is 9.57 Å². The molecule has 1 aliphatic rings. The second kappa shape index (κ2) is 6.82. The van der Waals surface area contributed by atoms with E-state index in [0.717, 1.165) is 12.8 Å². The van der Waals surface area contributed by atoms with Crippen LogP contribution in [0.1, 0.15) is 28.9 Å². The third-order valence-corrected chi connectivity index (χ3v) is 6.24. The number of carbonyl (C=O) groups is 1. The van der Waals surface area contributed by atoms with Gasteiger partial charge in [-0.05, 0) is 31.0 Å². The quantitative estimate of drug-likeness (QED) is 0.810. The van der Waals surface area contributed by atoms with Crippen molar-refractivity contribution in [1.29, 1.82) is 5.26 Å². The van der Waals surface area contributed by atoms with E-state index in [9.17, 15) is 18.5 Å². The van der Waals surface area contributed by atoms with Gasteiger partial charge in [0.05, 0.1) is 23.3 Å². The van der Waals surface area contributed by atoms with Crippen LogP contribution in [0.15, 0.2) is 35.4 Å². The number of carbonyl (C=O) groups excluding carboxylic acids is 1. The SMILES string of the molecule is COC(=O)c1c(N)c(C#N)cn1-c1cccc(S(=O)(=O)N2CCCC2)c1. The third kappa shape index (κ3) is 2.94. The van der Waals surface area contributed by atoms with Crippen molar-refractivity contribution in [2.75, 3.05) is 25.9 Å². The second-order valence-electron chi connectivity index (χ2n) is 5.89. The van der Waals surface area contributed by atoms with E-state index in [1.165, 1.54) is 34.3 Å². The van der Waals surface area contributed by atoms with E-state index in [-0.39, 0.29) is 21.8 Å². The zero-order valence-corrected chi connectivity index (χ0v) is 15.0. The molecule has 8 nitrogen and oxygen atoms in total. The number of nitrogen functional groups attached to an aromatic ring is 1. The van der Waals surface area contributed by atoms with Gasteiger partial charge < -0.3 is 15.0 Å². The molecule has 9 heteroatoms. The first-order valence-corrected chi connectivity index (χ1v) is 9.44. The molecule has 0 aliphatic carbocycles. The largest absolute Gasteiger partial charge is 0.464 e. The number of anilines is 1. The molecule has 1 aromatic heterocycles. The van der Waals surface area contributed by atoms with Gasteiger partial charge in [-0.3, -0.25) is 0 Å². The number of nitriles is 1. The van der Waals surface area contributed by atoms with E-state index in [1.807, 2.05) is 6.07 Å². The first-order valence-electron chi connectivity index (χ1n) is 8.00. The number of rotatable bonds is 4. The minimum absolute atomic E-state index is 0.00727. The molecular weight excluding hydrogens is 356 g/mol. The first-order chi connectivity index (χ1) is 12.4. The van der Waals surface area contributed by atoms with Gasteiger partial charge in [0, 0.05) is 25.0 Å². The van der Waals surface area contributed by atoms with Crippen molar-refractivity contribution in [2.24, 2.45) is 0 Å². The van der Waals surface area contributed by atoms with Gasteiger partial charge in [0.25, 0.3) is 0 Å². The number of hydrogen-bond donors (Lipinski definition) is 1. The number of esters is 1. The zero-order valence-electron chi connectivity index (χ0n) is 14.2. The van der Waals surface area contributed by atoms with E-state index < -0.39 is 16.0 Å². The van der Waals surface area contributed by atoms with Crippen LogP contribution in [0.25, 0.3) is 5.69 Å². The Labute approximate surface area is 151 Å². The van der Waals surface area contributed by atoms with Crippen molar-refractivity contribution in [3.63, 3.8) is 0 Å². The van der Waals surface area contributed by atoms with Crippen molar-refractivity contribution in [1.82, 2.24) is 8.87 Å². The van der Waals surface area contributed by atoms with E-state index in [2.05, 4.69) is 0 Å². The van der Waals surface area contributed by atoms with E-state index >= 15 is 0 Å². The molecule has 0 radical (unpaired) electrons. The van der Waals surface area contributed by atoms with Gasteiger partial charge in [0.1, 0.15) is 6.07 Å². The van der Waals surface area contributed by atoms with Crippen LogP contribution in [0.2, 0.25) is 0 Å². The van der Waals surface area contributed by atoms with Crippen molar-refractivity contribution in [3.05, 3.63) is 41.7 Å². The molecule has 1 aromatic carbocycles. The van der Waals surface area contributed by atoms with Crippen LogP contribution >= 0.6 is 0 Å². The van der Waals surface area contributed by atoms with Crippen molar-refractivity contribution in [2.45, 2.75) is 17.7 Å². The molecule has 2 aromatic rings. The second-order valence-corrected chi connectivity index (χ2v) is 7.82. The summed E-state index contributed by atoms with van der Waals surface area (Å²) < 4.78 is 33.1. The number of nitrogens with two attached hydrogens (primary N) is 1. The zero-order chi connectivity index (χ0) is 18.9. The summed E-state index contributed by atoms with van der Waals surface area (Å²) in [5.41, 5.74) is 6.37. The minimum atomic E-state index is -3.61. The third-order valence-electron chi connectivity index (χ3n) is 4.34. The van der Waals surface area contributed by atoms with Gasteiger partial charge in [-0.25, -0.2) is 13.2 Å². The highest BCUT2D eigenvalue weighted by atomic mass is 32.2. The van der Waals surface area contributed by atoms with Crippen LogP contribution in [0.4, 0.5) is 5.69 Å². The van der Waals surface area contributed by atoms with Crippen LogP contribution in [0.5, 0.6) is 0 Å². The predicted molar refractivity (Wildman–Crippen MR) is 94.2 cm³/mol. The van der Waals surface area contributed by atoms with E-state index in [1.54, 1.807) is 12.1 Å². The average Bonchev–Trinajstić information content (AvgIpc) is 3.29. The number of ether oxygens (including phenoxy) is 1. The Hall–Kier alpha value is -2.83. The lowest BCUT2D eigenvalue weighted by atomic mass is 10.2. The highest BCUT2D eigenvalue weighted by Crippen LogP contribution is 2.27. The number of methoxy groups -OCH3 is 1. The van der Waals surface area contributed by atoms with Crippen molar-refractivity contribution < 1.29 is 17.9 Å². The Morgan fingerprint density at radius 1 is 1.31 bits per heavy atom. The Morgan fingerprint density at radius 2 is 2.00 bits per heavy atom. The maximum absolute atomic E-state index is 12.8. The van der Waals surface area contributed by atoms with Crippen LogP contribution < -0.4 is 5.73 Å². The Bertz CT molecular complexity index is 998. The van der Waals surface area contributed by atoms with Crippen molar-refractivity contribution in [3.8, 4) is 11.8 Å². The molecule has 0 unspecified atom stereocenters. The fourth-order valence-corrected chi connectivity index (χ4v) is 4.55. The Kier molecular flexibility index (Phi) is 4.71. The molecule has 0 bridgehead atoms. The predicted octanol–water partition coefficient (Wildman–Crippen LogP) is 1.50.